The third kappa shape index (κ3) is 5.69. The fourth-order valence-corrected chi connectivity index (χ4v) is 3.31. The van der Waals surface area contributed by atoms with Crippen LogP contribution in [0.15, 0.2) is 42.6 Å². The number of nitrogens with zero attached hydrogens (tertiary/aromatic N) is 3. The summed E-state index contributed by atoms with van der Waals surface area (Å²) in [6.45, 7) is 3.88. The fraction of sp³-hybridized carbons (Fsp3) is 0.318. The Morgan fingerprint density at radius 2 is 1.67 bits per heavy atom. The van der Waals surface area contributed by atoms with Gasteiger partial charge in [0.25, 0.3) is 0 Å². The Kier molecular flexibility index (Phi) is 6.92. The second-order valence-corrected chi connectivity index (χ2v) is 7.19. The van der Waals surface area contributed by atoms with Gasteiger partial charge in [-0.25, -0.2) is 15.0 Å². The maximum Gasteiger partial charge on any atom is 0.417 e. The molecule has 0 atom stereocenters. The predicted molar refractivity (Wildman–Crippen MR) is 109 cm³/mol. The minimum atomic E-state index is -4.42. The fourth-order valence-electron chi connectivity index (χ4n) is 2.99. The number of halogens is 4. The van der Waals surface area contributed by atoms with Gasteiger partial charge in [-0.2, -0.15) is 13.2 Å². The van der Waals surface area contributed by atoms with Gasteiger partial charge in [-0.1, -0.05) is 30.7 Å². The van der Waals surface area contributed by atoms with E-state index < -0.39 is 11.7 Å². The Hall–Kier alpha value is -2.67. The molecular formula is C22H21ClF3N3O. The van der Waals surface area contributed by atoms with Crippen LogP contribution in [0.25, 0.3) is 0 Å². The van der Waals surface area contributed by atoms with Gasteiger partial charge in [-0.05, 0) is 56.4 Å². The third-order valence-electron chi connectivity index (χ3n) is 4.52. The molecule has 2 aromatic heterocycles. The van der Waals surface area contributed by atoms with Crippen LogP contribution >= 0.6 is 11.6 Å². The lowest BCUT2D eigenvalue weighted by Crippen LogP contribution is -2.05. The van der Waals surface area contributed by atoms with E-state index in [1.54, 1.807) is 12.1 Å². The Morgan fingerprint density at radius 1 is 0.967 bits per heavy atom. The van der Waals surface area contributed by atoms with E-state index in [9.17, 15) is 13.2 Å². The van der Waals surface area contributed by atoms with Gasteiger partial charge in [0, 0.05) is 12.3 Å². The lowest BCUT2D eigenvalue weighted by Gasteiger charge is -2.09. The van der Waals surface area contributed by atoms with E-state index in [1.165, 1.54) is 6.07 Å². The molecule has 1 aromatic carbocycles. The van der Waals surface area contributed by atoms with Gasteiger partial charge >= 0.3 is 6.18 Å². The van der Waals surface area contributed by atoms with Crippen molar-refractivity contribution >= 4 is 11.6 Å². The molecule has 158 valence electrons. The van der Waals surface area contributed by atoms with Crippen LogP contribution in [0.1, 0.15) is 41.7 Å². The SMILES string of the molecule is CCc1nc(C)nc(CCCc2ccc(Oc3ccc(C(F)(F)F)cn3)cc2)c1Cl. The summed E-state index contributed by atoms with van der Waals surface area (Å²) in [7, 11) is 0. The van der Waals surface area contributed by atoms with Crippen LogP contribution in [0, 0.1) is 6.92 Å². The van der Waals surface area contributed by atoms with E-state index in [1.807, 2.05) is 26.0 Å². The quantitative estimate of drug-likeness (QED) is 0.432. The maximum absolute atomic E-state index is 12.6. The van der Waals surface area contributed by atoms with Crippen molar-refractivity contribution in [1.29, 1.82) is 0 Å². The van der Waals surface area contributed by atoms with E-state index in [0.29, 0.717) is 10.8 Å². The Balaban J connectivity index is 1.56. The summed E-state index contributed by atoms with van der Waals surface area (Å²) < 4.78 is 43.3. The van der Waals surface area contributed by atoms with Crippen molar-refractivity contribution in [2.75, 3.05) is 0 Å². The first-order chi connectivity index (χ1) is 14.3. The maximum atomic E-state index is 12.6. The molecule has 0 saturated heterocycles. The minimum absolute atomic E-state index is 0.108. The normalized spacial score (nSPS) is 11.5. The average molecular weight is 436 g/mol. The molecule has 0 aliphatic carbocycles. The molecule has 3 aromatic rings. The third-order valence-corrected chi connectivity index (χ3v) is 4.96. The molecule has 0 amide bonds. The highest BCUT2D eigenvalue weighted by atomic mass is 35.5. The van der Waals surface area contributed by atoms with E-state index in [2.05, 4.69) is 15.0 Å². The van der Waals surface area contributed by atoms with Gasteiger partial charge in [-0.3, -0.25) is 0 Å². The molecule has 8 heteroatoms. The molecule has 0 fully saturated rings. The molecule has 0 aliphatic rings. The van der Waals surface area contributed by atoms with Gasteiger partial charge in [0.05, 0.1) is 22.0 Å². The van der Waals surface area contributed by atoms with E-state index in [-0.39, 0.29) is 5.88 Å². The molecule has 0 spiro atoms. The van der Waals surface area contributed by atoms with Crippen LogP contribution in [0.5, 0.6) is 11.6 Å². The standard InChI is InChI=1S/C22H21ClF3N3O/c1-3-18-21(23)19(29-14(2)28-18)6-4-5-15-7-10-17(11-8-15)30-20-12-9-16(13-27-20)22(24,25)26/h7-13H,3-6H2,1-2H3. The van der Waals surface area contributed by atoms with Crippen molar-refractivity contribution in [2.45, 2.75) is 45.7 Å². The van der Waals surface area contributed by atoms with Crippen molar-refractivity contribution in [3.63, 3.8) is 0 Å². The number of ether oxygens (including phenoxy) is 1. The van der Waals surface area contributed by atoms with E-state index >= 15 is 0 Å². The molecule has 2 heterocycles. The van der Waals surface area contributed by atoms with Gasteiger partial charge in [0.2, 0.25) is 5.88 Å². The number of rotatable bonds is 7. The zero-order valence-corrected chi connectivity index (χ0v) is 17.4. The minimum Gasteiger partial charge on any atom is -0.439 e. The molecule has 30 heavy (non-hydrogen) atoms. The molecule has 0 saturated carbocycles. The molecule has 0 N–H and O–H groups in total. The summed E-state index contributed by atoms with van der Waals surface area (Å²) in [5.41, 5.74) is 2.04. The Morgan fingerprint density at radius 3 is 2.27 bits per heavy atom. The highest BCUT2D eigenvalue weighted by Gasteiger charge is 2.30. The Bertz CT molecular complexity index is 990. The first-order valence-electron chi connectivity index (χ1n) is 9.58. The van der Waals surface area contributed by atoms with E-state index in [4.69, 9.17) is 16.3 Å². The van der Waals surface area contributed by atoms with Crippen molar-refractivity contribution in [3.8, 4) is 11.6 Å². The molecular weight excluding hydrogens is 415 g/mol. The number of hydrogen-bond acceptors (Lipinski definition) is 4. The first-order valence-corrected chi connectivity index (χ1v) is 9.96. The van der Waals surface area contributed by atoms with Crippen molar-refractivity contribution in [2.24, 2.45) is 0 Å². The topological polar surface area (TPSA) is 47.9 Å². The van der Waals surface area contributed by atoms with E-state index in [0.717, 1.165) is 60.7 Å². The number of pyridine rings is 1. The van der Waals surface area contributed by atoms with Gasteiger partial charge in [0.1, 0.15) is 11.6 Å². The highest BCUT2D eigenvalue weighted by Crippen LogP contribution is 2.30. The van der Waals surface area contributed by atoms with Crippen LogP contribution < -0.4 is 4.74 Å². The lowest BCUT2D eigenvalue weighted by molar-refractivity contribution is -0.137. The summed E-state index contributed by atoms with van der Waals surface area (Å²) in [5.74, 6) is 1.34. The molecule has 0 unspecified atom stereocenters. The first kappa shape index (κ1) is 22.0. The summed E-state index contributed by atoms with van der Waals surface area (Å²) in [4.78, 5) is 12.5. The van der Waals surface area contributed by atoms with Crippen LogP contribution in [0.4, 0.5) is 13.2 Å². The summed E-state index contributed by atoms with van der Waals surface area (Å²) >= 11 is 6.39. The van der Waals surface area contributed by atoms with Gasteiger partial charge < -0.3 is 4.74 Å². The van der Waals surface area contributed by atoms with Crippen LogP contribution in [0.2, 0.25) is 5.02 Å². The number of alkyl halides is 3. The van der Waals surface area contributed by atoms with Gasteiger partial charge in [0.15, 0.2) is 0 Å². The van der Waals surface area contributed by atoms with Crippen LogP contribution in [-0.4, -0.2) is 15.0 Å². The molecule has 0 aliphatic heterocycles. The lowest BCUT2D eigenvalue weighted by atomic mass is 10.1. The predicted octanol–water partition coefficient (Wildman–Crippen LogP) is 6.38. The average Bonchev–Trinajstić information content (AvgIpc) is 2.71. The molecule has 3 rings (SSSR count). The molecule has 4 nitrogen and oxygen atoms in total. The summed E-state index contributed by atoms with van der Waals surface area (Å²) in [5, 5.41) is 0.649. The monoisotopic (exact) mass is 435 g/mol. The number of benzene rings is 1. The number of hydrogen-bond donors (Lipinski definition) is 0. The van der Waals surface area contributed by atoms with Gasteiger partial charge in [-0.15, -0.1) is 0 Å². The molecule has 0 radical (unpaired) electrons. The highest BCUT2D eigenvalue weighted by molar-refractivity contribution is 6.31. The summed E-state index contributed by atoms with van der Waals surface area (Å²) in [6, 6.07) is 9.53. The Labute approximate surface area is 178 Å². The molecule has 0 bridgehead atoms. The zero-order chi connectivity index (χ0) is 21.7. The van der Waals surface area contributed by atoms with Crippen molar-refractivity contribution < 1.29 is 17.9 Å². The second-order valence-electron chi connectivity index (χ2n) is 6.81. The van der Waals surface area contributed by atoms with Crippen molar-refractivity contribution in [3.05, 3.63) is 76.0 Å². The zero-order valence-electron chi connectivity index (χ0n) is 16.6. The van der Waals surface area contributed by atoms with Crippen LogP contribution in [0.3, 0.4) is 0 Å². The number of aryl methyl sites for hydroxylation is 4. The number of aromatic nitrogens is 3. The second kappa shape index (κ2) is 9.43. The van der Waals surface area contributed by atoms with Crippen LogP contribution in [-0.2, 0) is 25.4 Å². The van der Waals surface area contributed by atoms with Crippen molar-refractivity contribution in [1.82, 2.24) is 15.0 Å². The smallest absolute Gasteiger partial charge is 0.417 e. The largest absolute Gasteiger partial charge is 0.439 e. The summed E-state index contributed by atoms with van der Waals surface area (Å²) in [6.07, 6.45) is -0.430.